The summed E-state index contributed by atoms with van der Waals surface area (Å²) in [5, 5.41) is 3.29. The molecule has 1 fully saturated rings. The van der Waals surface area contributed by atoms with Crippen LogP contribution >= 0.6 is 0 Å². The van der Waals surface area contributed by atoms with Crippen LogP contribution in [0.15, 0.2) is 36.5 Å². The minimum atomic E-state index is -0.203. The highest BCUT2D eigenvalue weighted by Gasteiger charge is 2.36. The summed E-state index contributed by atoms with van der Waals surface area (Å²) in [5.74, 6) is 0.604. The molecule has 2 aromatic rings. The third-order valence-corrected chi connectivity index (χ3v) is 6.38. The zero-order valence-electron chi connectivity index (χ0n) is 19.3. The van der Waals surface area contributed by atoms with Crippen molar-refractivity contribution in [1.82, 2.24) is 15.3 Å². The van der Waals surface area contributed by atoms with Gasteiger partial charge in [-0.2, -0.15) is 0 Å². The molecule has 6 heteroatoms. The predicted molar refractivity (Wildman–Crippen MR) is 122 cm³/mol. The first kappa shape index (κ1) is 21.8. The third kappa shape index (κ3) is 4.90. The van der Waals surface area contributed by atoms with Crippen LogP contribution in [0.2, 0.25) is 0 Å². The van der Waals surface area contributed by atoms with Gasteiger partial charge in [0.25, 0.3) is 0 Å². The Bertz CT molecular complexity index is 920. The second kappa shape index (κ2) is 8.58. The van der Waals surface area contributed by atoms with Gasteiger partial charge in [0.05, 0.1) is 29.9 Å². The van der Waals surface area contributed by atoms with E-state index in [1.807, 2.05) is 43.5 Å². The molecule has 2 aliphatic rings. The van der Waals surface area contributed by atoms with Crippen molar-refractivity contribution >= 4 is 11.9 Å². The SMILES string of the molecule is CC1CN(c2ncc3c(n2)CC(C)(C)CC3NC(=O)C(C)c2ccccc2)CC(C)O1. The van der Waals surface area contributed by atoms with Gasteiger partial charge in [0.15, 0.2) is 0 Å². The molecule has 1 N–H and O–H groups in total. The van der Waals surface area contributed by atoms with Crippen LogP contribution in [-0.4, -0.2) is 41.2 Å². The predicted octanol–water partition coefficient (Wildman–Crippen LogP) is 4.02. The van der Waals surface area contributed by atoms with Crippen LogP contribution in [0, 0.1) is 5.41 Å². The molecule has 2 heterocycles. The Labute approximate surface area is 185 Å². The molecule has 1 aliphatic heterocycles. The summed E-state index contributed by atoms with van der Waals surface area (Å²) in [5.41, 5.74) is 3.17. The number of benzene rings is 1. The normalized spacial score (nSPS) is 26.1. The Hall–Kier alpha value is -2.47. The number of fused-ring (bicyclic) bond motifs is 1. The van der Waals surface area contributed by atoms with Crippen LogP contribution in [0.5, 0.6) is 0 Å². The molecule has 166 valence electrons. The van der Waals surface area contributed by atoms with E-state index in [2.05, 4.69) is 37.9 Å². The minimum Gasteiger partial charge on any atom is -0.372 e. The maximum atomic E-state index is 13.0. The molecule has 1 aliphatic carbocycles. The van der Waals surface area contributed by atoms with Gasteiger partial charge in [-0.15, -0.1) is 0 Å². The summed E-state index contributed by atoms with van der Waals surface area (Å²) in [6, 6.07) is 9.85. The number of ether oxygens (including phenoxy) is 1. The summed E-state index contributed by atoms with van der Waals surface area (Å²) in [7, 11) is 0. The molecule has 0 saturated carbocycles. The number of anilines is 1. The molecule has 0 bridgehead atoms. The fourth-order valence-corrected chi connectivity index (χ4v) is 4.85. The first-order chi connectivity index (χ1) is 14.7. The Morgan fingerprint density at radius 2 is 1.87 bits per heavy atom. The molecule has 0 spiro atoms. The van der Waals surface area contributed by atoms with Gasteiger partial charge >= 0.3 is 0 Å². The first-order valence-corrected chi connectivity index (χ1v) is 11.3. The molecule has 1 aromatic heterocycles. The minimum absolute atomic E-state index is 0.0414. The van der Waals surface area contributed by atoms with Gasteiger partial charge in [0.1, 0.15) is 0 Å². The lowest BCUT2D eigenvalue weighted by Gasteiger charge is -2.38. The summed E-state index contributed by atoms with van der Waals surface area (Å²) in [4.78, 5) is 24.9. The molecule has 1 aromatic carbocycles. The molecule has 0 radical (unpaired) electrons. The maximum Gasteiger partial charge on any atom is 0.227 e. The van der Waals surface area contributed by atoms with Gasteiger partial charge in [-0.1, -0.05) is 44.2 Å². The third-order valence-electron chi connectivity index (χ3n) is 6.38. The fraction of sp³-hybridized carbons (Fsp3) is 0.560. The average molecular weight is 423 g/mol. The van der Waals surface area contributed by atoms with Crippen molar-refractivity contribution in [1.29, 1.82) is 0 Å². The lowest BCUT2D eigenvalue weighted by atomic mass is 9.74. The van der Waals surface area contributed by atoms with Crippen molar-refractivity contribution in [2.75, 3.05) is 18.0 Å². The quantitative estimate of drug-likeness (QED) is 0.806. The number of hydrogen-bond donors (Lipinski definition) is 1. The van der Waals surface area contributed by atoms with E-state index in [0.717, 1.165) is 48.7 Å². The van der Waals surface area contributed by atoms with Crippen LogP contribution in [0.3, 0.4) is 0 Å². The van der Waals surface area contributed by atoms with Crippen molar-refractivity contribution in [2.45, 2.75) is 71.6 Å². The second-order valence-corrected chi connectivity index (χ2v) is 9.97. The molecule has 31 heavy (non-hydrogen) atoms. The van der Waals surface area contributed by atoms with E-state index in [4.69, 9.17) is 14.7 Å². The molecule has 6 nitrogen and oxygen atoms in total. The number of nitrogens with zero attached hydrogens (tertiary/aromatic N) is 3. The highest BCUT2D eigenvalue weighted by Crippen LogP contribution is 2.40. The van der Waals surface area contributed by atoms with Crippen molar-refractivity contribution in [2.24, 2.45) is 5.41 Å². The van der Waals surface area contributed by atoms with E-state index in [-0.39, 0.29) is 35.5 Å². The van der Waals surface area contributed by atoms with Crippen LogP contribution in [-0.2, 0) is 16.0 Å². The van der Waals surface area contributed by atoms with Gasteiger partial charge in [0.2, 0.25) is 11.9 Å². The zero-order valence-corrected chi connectivity index (χ0v) is 19.3. The number of aromatic nitrogens is 2. The van der Waals surface area contributed by atoms with Crippen LogP contribution in [0.25, 0.3) is 0 Å². The zero-order chi connectivity index (χ0) is 22.2. The topological polar surface area (TPSA) is 67.4 Å². The number of carbonyl (C=O) groups is 1. The van der Waals surface area contributed by atoms with Gasteiger partial charge in [-0.25, -0.2) is 9.97 Å². The molecular formula is C25H34N4O2. The van der Waals surface area contributed by atoms with Crippen molar-refractivity contribution in [3.05, 3.63) is 53.3 Å². The van der Waals surface area contributed by atoms with Crippen molar-refractivity contribution in [3.8, 4) is 0 Å². The van der Waals surface area contributed by atoms with Gasteiger partial charge in [-0.05, 0) is 44.6 Å². The second-order valence-electron chi connectivity index (χ2n) is 9.97. The molecule has 4 atom stereocenters. The number of morpholine rings is 1. The first-order valence-electron chi connectivity index (χ1n) is 11.3. The highest BCUT2D eigenvalue weighted by atomic mass is 16.5. The van der Waals surface area contributed by atoms with E-state index in [0.29, 0.717) is 0 Å². The number of rotatable bonds is 4. The molecule has 1 saturated heterocycles. The highest BCUT2D eigenvalue weighted by molar-refractivity contribution is 5.83. The van der Waals surface area contributed by atoms with Crippen LogP contribution < -0.4 is 10.2 Å². The van der Waals surface area contributed by atoms with Crippen molar-refractivity contribution < 1.29 is 9.53 Å². The Kier molecular flexibility index (Phi) is 6.02. The Morgan fingerprint density at radius 3 is 2.55 bits per heavy atom. The van der Waals surface area contributed by atoms with Gasteiger partial charge in [-0.3, -0.25) is 4.79 Å². The molecule has 1 amide bonds. The largest absolute Gasteiger partial charge is 0.372 e. The van der Waals surface area contributed by atoms with Crippen LogP contribution in [0.1, 0.15) is 69.8 Å². The van der Waals surface area contributed by atoms with E-state index in [9.17, 15) is 4.79 Å². The smallest absolute Gasteiger partial charge is 0.227 e. The molecular weight excluding hydrogens is 388 g/mol. The lowest BCUT2D eigenvalue weighted by molar-refractivity contribution is -0.123. The Morgan fingerprint density at radius 1 is 1.19 bits per heavy atom. The summed E-state index contributed by atoms with van der Waals surface area (Å²) >= 11 is 0. The fourth-order valence-electron chi connectivity index (χ4n) is 4.85. The monoisotopic (exact) mass is 422 g/mol. The van der Waals surface area contributed by atoms with Crippen molar-refractivity contribution in [3.63, 3.8) is 0 Å². The van der Waals surface area contributed by atoms with E-state index >= 15 is 0 Å². The van der Waals surface area contributed by atoms with E-state index in [1.54, 1.807) is 0 Å². The van der Waals surface area contributed by atoms with Gasteiger partial charge in [0, 0.05) is 24.8 Å². The van der Waals surface area contributed by atoms with Gasteiger partial charge < -0.3 is 15.0 Å². The van der Waals surface area contributed by atoms with Crippen LogP contribution in [0.4, 0.5) is 5.95 Å². The summed E-state index contributed by atoms with van der Waals surface area (Å²) < 4.78 is 5.86. The standard InChI is InChI=1S/C25H34N4O2/c1-16-14-29(15-17(2)31-16)24-26-13-20-21(11-25(4,5)12-22(20)28-24)27-23(30)18(3)19-9-7-6-8-10-19/h6-10,13,16-18,21H,11-12,14-15H2,1-5H3,(H,27,30). The summed E-state index contributed by atoms with van der Waals surface area (Å²) in [6.45, 7) is 12.2. The lowest BCUT2D eigenvalue weighted by Crippen LogP contribution is -2.46. The number of nitrogens with one attached hydrogen (secondary N) is 1. The molecule has 4 unspecified atom stereocenters. The van der Waals surface area contributed by atoms with E-state index < -0.39 is 0 Å². The number of hydrogen-bond acceptors (Lipinski definition) is 5. The average Bonchev–Trinajstić information content (AvgIpc) is 2.71. The summed E-state index contributed by atoms with van der Waals surface area (Å²) in [6.07, 6.45) is 4.00. The number of carbonyl (C=O) groups excluding carboxylic acids is 1. The Balaban J connectivity index is 1.56. The maximum absolute atomic E-state index is 13.0. The number of amides is 1. The van der Waals surface area contributed by atoms with E-state index in [1.165, 1.54) is 0 Å². The molecule has 4 rings (SSSR count).